The third kappa shape index (κ3) is 4.57. The number of aryl methyl sites for hydroxylation is 1. The molecule has 1 aromatic heterocycles. The van der Waals surface area contributed by atoms with Gasteiger partial charge < -0.3 is 10.1 Å². The first-order valence-electron chi connectivity index (χ1n) is 9.22. The Balaban J connectivity index is 1.61. The van der Waals surface area contributed by atoms with E-state index < -0.39 is 0 Å². The zero-order chi connectivity index (χ0) is 16.9. The molecule has 0 radical (unpaired) electrons. The second kappa shape index (κ2) is 8.12. The van der Waals surface area contributed by atoms with E-state index in [1.807, 2.05) is 11.7 Å². The number of nitrogens with zero attached hydrogens (tertiary/aromatic N) is 3. The van der Waals surface area contributed by atoms with E-state index in [1.54, 1.807) is 6.92 Å². The third-order valence-electron chi connectivity index (χ3n) is 5.12. The zero-order valence-electron chi connectivity index (χ0n) is 15.0. The smallest absolute Gasteiger partial charge is 0.216 e. The molecular formula is C18H30N4O2. The molecule has 1 aliphatic heterocycles. The van der Waals surface area contributed by atoms with Crippen molar-refractivity contribution in [1.29, 1.82) is 0 Å². The number of ether oxygens (including phenoxy) is 1. The molecule has 1 saturated heterocycles. The molecule has 2 fully saturated rings. The summed E-state index contributed by atoms with van der Waals surface area (Å²) < 4.78 is 7.74. The van der Waals surface area contributed by atoms with Crippen LogP contribution in [-0.2, 0) is 23.1 Å². The van der Waals surface area contributed by atoms with Crippen molar-refractivity contribution in [2.45, 2.75) is 57.6 Å². The summed E-state index contributed by atoms with van der Waals surface area (Å²) >= 11 is 0. The van der Waals surface area contributed by atoms with Gasteiger partial charge in [0, 0.05) is 57.8 Å². The number of amides is 1. The Bertz CT molecular complexity index is 551. The third-order valence-corrected chi connectivity index (χ3v) is 5.12. The Morgan fingerprint density at radius 1 is 1.38 bits per heavy atom. The summed E-state index contributed by atoms with van der Waals surface area (Å²) in [5.74, 6) is 0.633. The largest absolute Gasteiger partial charge is 0.374 e. The minimum Gasteiger partial charge on any atom is -0.374 e. The van der Waals surface area contributed by atoms with Gasteiger partial charge in [0.25, 0.3) is 0 Å². The lowest BCUT2D eigenvalue weighted by Gasteiger charge is -2.33. The average Bonchev–Trinajstić information content (AvgIpc) is 2.94. The van der Waals surface area contributed by atoms with Crippen molar-refractivity contribution in [3.05, 3.63) is 17.5 Å². The van der Waals surface area contributed by atoms with Gasteiger partial charge in [-0.15, -0.1) is 0 Å². The quantitative estimate of drug-likeness (QED) is 0.892. The van der Waals surface area contributed by atoms with Gasteiger partial charge in [-0.2, -0.15) is 5.10 Å². The van der Waals surface area contributed by atoms with Crippen molar-refractivity contribution in [2.75, 3.05) is 26.2 Å². The Hall–Kier alpha value is -1.40. The monoisotopic (exact) mass is 334 g/mol. The van der Waals surface area contributed by atoms with Crippen molar-refractivity contribution < 1.29 is 9.53 Å². The van der Waals surface area contributed by atoms with Crippen LogP contribution < -0.4 is 5.32 Å². The molecule has 1 aromatic rings. The van der Waals surface area contributed by atoms with E-state index in [4.69, 9.17) is 9.84 Å². The summed E-state index contributed by atoms with van der Waals surface area (Å²) in [5.41, 5.74) is 2.67. The summed E-state index contributed by atoms with van der Waals surface area (Å²) in [5, 5.41) is 7.64. The van der Waals surface area contributed by atoms with Gasteiger partial charge in [-0.05, 0) is 12.8 Å². The van der Waals surface area contributed by atoms with Gasteiger partial charge >= 0.3 is 0 Å². The number of carbonyl (C=O) groups excluding carboxylic acids is 1. The van der Waals surface area contributed by atoms with Crippen LogP contribution in [0.1, 0.15) is 56.2 Å². The topological polar surface area (TPSA) is 59.4 Å². The van der Waals surface area contributed by atoms with E-state index in [0.717, 1.165) is 26.2 Å². The Kier molecular flexibility index (Phi) is 5.89. The van der Waals surface area contributed by atoms with Crippen LogP contribution in [0.25, 0.3) is 0 Å². The highest BCUT2D eigenvalue weighted by atomic mass is 16.5. The Morgan fingerprint density at radius 2 is 2.17 bits per heavy atom. The fourth-order valence-corrected chi connectivity index (χ4v) is 3.94. The maximum absolute atomic E-state index is 11.1. The van der Waals surface area contributed by atoms with Gasteiger partial charge in [-0.1, -0.05) is 19.3 Å². The van der Waals surface area contributed by atoms with Gasteiger partial charge in [-0.3, -0.25) is 14.4 Å². The van der Waals surface area contributed by atoms with Crippen molar-refractivity contribution in [3.8, 4) is 0 Å². The minimum atomic E-state index is 0.00238. The normalized spacial score (nSPS) is 23.3. The maximum atomic E-state index is 11.1. The number of morpholine rings is 1. The number of nitrogens with one attached hydrogen (secondary N) is 1. The molecule has 1 aliphatic carbocycles. The van der Waals surface area contributed by atoms with E-state index in [9.17, 15) is 4.79 Å². The molecule has 1 N–H and O–H groups in total. The van der Waals surface area contributed by atoms with Gasteiger partial charge in [0.1, 0.15) is 0 Å². The molecule has 0 spiro atoms. The first-order valence-corrected chi connectivity index (χ1v) is 9.22. The molecule has 0 aromatic carbocycles. The lowest BCUT2D eigenvalue weighted by Crippen LogP contribution is -2.46. The van der Waals surface area contributed by atoms with Crippen LogP contribution in [0.2, 0.25) is 0 Å². The summed E-state index contributed by atoms with van der Waals surface area (Å²) in [6.07, 6.45) is 8.84. The maximum Gasteiger partial charge on any atom is 0.216 e. The van der Waals surface area contributed by atoms with E-state index in [0.29, 0.717) is 12.5 Å². The van der Waals surface area contributed by atoms with E-state index in [1.165, 1.54) is 43.4 Å². The van der Waals surface area contributed by atoms with E-state index in [2.05, 4.69) is 16.4 Å². The summed E-state index contributed by atoms with van der Waals surface area (Å²) in [6.45, 7) is 5.60. The van der Waals surface area contributed by atoms with Gasteiger partial charge in [-0.25, -0.2) is 0 Å². The SMILES string of the molecule is CC(=O)NCC1CN(Cc2cn(C)nc2C2CCCCC2)CCO1. The zero-order valence-corrected chi connectivity index (χ0v) is 15.0. The molecule has 0 bridgehead atoms. The van der Waals surface area contributed by atoms with Crippen molar-refractivity contribution in [1.82, 2.24) is 20.0 Å². The molecule has 24 heavy (non-hydrogen) atoms. The lowest BCUT2D eigenvalue weighted by atomic mass is 9.85. The summed E-state index contributed by atoms with van der Waals surface area (Å²) in [4.78, 5) is 13.5. The van der Waals surface area contributed by atoms with Crippen LogP contribution in [0.3, 0.4) is 0 Å². The van der Waals surface area contributed by atoms with Gasteiger partial charge in [0.15, 0.2) is 0 Å². The van der Waals surface area contributed by atoms with Gasteiger partial charge in [0.05, 0.1) is 18.4 Å². The van der Waals surface area contributed by atoms with Gasteiger partial charge in [0.2, 0.25) is 5.91 Å². The number of hydrogen-bond acceptors (Lipinski definition) is 4. The molecule has 134 valence electrons. The number of aromatic nitrogens is 2. The molecule has 1 unspecified atom stereocenters. The first kappa shape index (κ1) is 17.4. The molecule has 1 saturated carbocycles. The van der Waals surface area contributed by atoms with Crippen molar-refractivity contribution >= 4 is 5.91 Å². The predicted octanol–water partition coefficient (Wildman–Crippen LogP) is 1.80. The second-order valence-electron chi connectivity index (χ2n) is 7.21. The summed E-state index contributed by atoms with van der Waals surface area (Å²) in [6, 6.07) is 0. The Morgan fingerprint density at radius 3 is 2.92 bits per heavy atom. The Labute approximate surface area is 144 Å². The van der Waals surface area contributed by atoms with Crippen LogP contribution in [0.5, 0.6) is 0 Å². The van der Waals surface area contributed by atoms with E-state index in [-0.39, 0.29) is 12.0 Å². The highest BCUT2D eigenvalue weighted by Gasteiger charge is 2.25. The van der Waals surface area contributed by atoms with Crippen molar-refractivity contribution in [3.63, 3.8) is 0 Å². The molecule has 1 atom stereocenters. The van der Waals surface area contributed by atoms with Crippen LogP contribution in [-0.4, -0.2) is 52.9 Å². The fourth-order valence-electron chi connectivity index (χ4n) is 3.94. The first-order chi connectivity index (χ1) is 11.6. The molecule has 1 amide bonds. The highest BCUT2D eigenvalue weighted by Crippen LogP contribution is 2.33. The van der Waals surface area contributed by atoms with Crippen LogP contribution >= 0.6 is 0 Å². The molecule has 3 rings (SSSR count). The van der Waals surface area contributed by atoms with Crippen LogP contribution in [0.4, 0.5) is 0 Å². The second-order valence-corrected chi connectivity index (χ2v) is 7.21. The molecule has 2 heterocycles. The van der Waals surface area contributed by atoms with Crippen LogP contribution in [0, 0.1) is 0 Å². The molecule has 6 heteroatoms. The summed E-state index contributed by atoms with van der Waals surface area (Å²) in [7, 11) is 2.02. The molecular weight excluding hydrogens is 304 g/mol. The average molecular weight is 334 g/mol. The van der Waals surface area contributed by atoms with Crippen LogP contribution in [0.15, 0.2) is 6.20 Å². The number of carbonyl (C=O) groups is 1. The van der Waals surface area contributed by atoms with E-state index >= 15 is 0 Å². The minimum absolute atomic E-state index is 0.00238. The standard InChI is InChI=1S/C18H30N4O2/c1-14(23)19-10-17-13-22(8-9-24-17)12-16-11-21(2)20-18(16)15-6-4-3-5-7-15/h11,15,17H,3-10,12-13H2,1-2H3,(H,19,23). The molecule has 6 nitrogen and oxygen atoms in total. The number of rotatable bonds is 5. The van der Waals surface area contributed by atoms with Crippen molar-refractivity contribution in [2.24, 2.45) is 7.05 Å². The highest BCUT2D eigenvalue weighted by molar-refractivity contribution is 5.72. The molecule has 2 aliphatic rings. The number of hydrogen-bond donors (Lipinski definition) is 1. The predicted molar refractivity (Wildman–Crippen MR) is 92.7 cm³/mol. The lowest BCUT2D eigenvalue weighted by molar-refractivity contribution is -0.120. The fraction of sp³-hybridized carbons (Fsp3) is 0.778.